The van der Waals surface area contributed by atoms with Crippen LogP contribution in [0.3, 0.4) is 0 Å². The molecule has 1 aliphatic heterocycles. The maximum atomic E-state index is 4.86. The minimum atomic E-state index is 0.539. The first-order valence-electron chi connectivity index (χ1n) is 8.34. The fraction of sp³-hybridized carbons (Fsp3) is 0.611. The maximum Gasteiger partial charge on any atom is 0.156 e. The van der Waals surface area contributed by atoms with Crippen LogP contribution in [0.2, 0.25) is 0 Å². The Morgan fingerprint density at radius 2 is 2.05 bits per heavy atom. The zero-order valence-electron chi connectivity index (χ0n) is 12.6. The second-order valence-corrected chi connectivity index (χ2v) is 7.92. The van der Waals surface area contributed by atoms with E-state index in [1.165, 1.54) is 60.6 Å². The summed E-state index contributed by atoms with van der Waals surface area (Å²) < 4.78 is 0. The fourth-order valence-electron chi connectivity index (χ4n) is 4.02. The first-order chi connectivity index (χ1) is 10.3. The second kappa shape index (κ2) is 5.68. The van der Waals surface area contributed by atoms with Crippen molar-refractivity contribution in [2.75, 3.05) is 18.8 Å². The van der Waals surface area contributed by atoms with E-state index in [1.54, 1.807) is 0 Å². The zero-order valence-corrected chi connectivity index (χ0v) is 13.4. The molecule has 1 atom stereocenters. The third-order valence-electron chi connectivity index (χ3n) is 5.45. The van der Waals surface area contributed by atoms with Crippen molar-refractivity contribution in [1.29, 1.82) is 0 Å². The van der Waals surface area contributed by atoms with E-state index in [4.69, 9.17) is 4.99 Å². The Labute approximate surface area is 131 Å². The number of amidine groups is 1. The number of benzene rings is 1. The van der Waals surface area contributed by atoms with Gasteiger partial charge in [0.1, 0.15) is 0 Å². The van der Waals surface area contributed by atoms with Crippen LogP contribution in [0, 0.1) is 5.41 Å². The van der Waals surface area contributed by atoms with Gasteiger partial charge in [0.25, 0.3) is 0 Å². The SMILES string of the molecule is c1ccc2c(c1)CC2CNC1=NCC2(CCCCC2)CS1. The maximum absolute atomic E-state index is 4.86. The lowest BCUT2D eigenvalue weighted by Crippen LogP contribution is -2.38. The van der Waals surface area contributed by atoms with Gasteiger partial charge in [0.2, 0.25) is 0 Å². The Hall–Kier alpha value is -0.960. The van der Waals surface area contributed by atoms with Gasteiger partial charge in [-0.1, -0.05) is 55.3 Å². The van der Waals surface area contributed by atoms with Crippen LogP contribution in [-0.2, 0) is 6.42 Å². The van der Waals surface area contributed by atoms with Crippen molar-refractivity contribution in [2.24, 2.45) is 10.4 Å². The van der Waals surface area contributed by atoms with Gasteiger partial charge in [0.15, 0.2) is 5.17 Å². The lowest BCUT2D eigenvalue weighted by Gasteiger charge is -2.39. The number of fused-ring (bicyclic) bond motifs is 1. The van der Waals surface area contributed by atoms with Crippen molar-refractivity contribution >= 4 is 16.9 Å². The molecule has 3 heteroatoms. The highest BCUT2D eigenvalue weighted by molar-refractivity contribution is 8.13. The first kappa shape index (κ1) is 13.7. The topological polar surface area (TPSA) is 24.4 Å². The summed E-state index contributed by atoms with van der Waals surface area (Å²) in [5, 5.41) is 4.79. The van der Waals surface area contributed by atoms with Gasteiger partial charge in [-0.15, -0.1) is 0 Å². The Morgan fingerprint density at radius 1 is 1.19 bits per heavy atom. The molecule has 1 aromatic carbocycles. The van der Waals surface area contributed by atoms with E-state index in [1.807, 2.05) is 11.8 Å². The van der Waals surface area contributed by atoms with Crippen LogP contribution in [0.25, 0.3) is 0 Å². The molecule has 112 valence electrons. The molecule has 0 bridgehead atoms. The zero-order chi connectivity index (χ0) is 14.1. The van der Waals surface area contributed by atoms with Gasteiger partial charge in [0, 0.05) is 24.8 Å². The Kier molecular flexibility index (Phi) is 3.70. The lowest BCUT2D eigenvalue weighted by molar-refractivity contribution is 0.232. The molecule has 0 saturated heterocycles. The van der Waals surface area contributed by atoms with Crippen LogP contribution in [0.15, 0.2) is 29.3 Å². The normalized spacial score (nSPS) is 26.7. The Bertz CT molecular complexity index is 546. The van der Waals surface area contributed by atoms with Crippen LogP contribution >= 0.6 is 11.8 Å². The highest BCUT2D eigenvalue weighted by atomic mass is 32.2. The van der Waals surface area contributed by atoms with E-state index in [0.29, 0.717) is 11.3 Å². The summed E-state index contributed by atoms with van der Waals surface area (Å²) in [5.74, 6) is 1.97. The van der Waals surface area contributed by atoms with Gasteiger partial charge in [-0.3, -0.25) is 4.99 Å². The number of nitrogens with zero attached hydrogens (tertiary/aromatic N) is 1. The van der Waals surface area contributed by atoms with Crippen molar-refractivity contribution in [1.82, 2.24) is 5.32 Å². The van der Waals surface area contributed by atoms with E-state index < -0.39 is 0 Å². The quantitative estimate of drug-likeness (QED) is 0.893. The predicted molar refractivity (Wildman–Crippen MR) is 91.2 cm³/mol. The van der Waals surface area contributed by atoms with Crippen LogP contribution in [0.4, 0.5) is 0 Å². The molecule has 1 N–H and O–H groups in total. The third-order valence-corrected chi connectivity index (χ3v) is 6.75. The number of nitrogens with one attached hydrogen (secondary N) is 1. The highest BCUT2D eigenvalue weighted by Crippen LogP contribution is 2.41. The molecule has 0 amide bonds. The molecule has 4 rings (SSSR count). The number of hydrogen-bond acceptors (Lipinski definition) is 3. The molecule has 21 heavy (non-hydrogen) atoms. The molecule has 1 unspecified atom stereocenters. The minimum absolute atomic E-state index is 0.539. The van der Waals surface area contributed by atoms with Gasteiger partial charge in [-0.25, -0.2) is 0 Å². The average molecular weight is 300 g/mol. The van der Waals surface area contributed by atoms with Crippen LogP contribution in [-0.4, -0.2) is 24.0 Å². The summed E-state index contributed by atoms with van der Waals surface area (Å²) in [7, 11) is 0. The molecule has 0 radical (unpaired) electrons. The smallest absolute Gasteiger partial charge is 0.156 e. The molecule has 2 nitrogen and oxygen atoms in total. The fourth-order valence-corrected chi connectivity index (χ4v) is 5.18. The summed E-state index contributed by atoms with van der Waals surface area (Å²) >= 11 is 1.97. The largest absolute Gasteiger partial charge is 0.364 e. The van der Waals surface area contributed by atoms with E-state index in [2.05, 4.69) is 29.6 Å². The van der Waals surface area contributed by atoms with Crippen molar-refractivity contribution in [2.45, 2.75) is 44.4 Å². The molecule has 3 aliphatic rings. The Balaban J connectivity index is 1.31. The summed E-state index contributed by atoms with van der Waals surface area (Å²) in [4.78, 5) is 4.86. The number of hydrogen-bond donors (Lipinski definition) is 1. The van der Waals surface area contributed by atoms with Gasteiger partial charge >= 0.3 is 0 Å². The molecule has 1 saturated carbocycles. The number of thioether (sulfide) groups is 1. The van der Waals surface area contributed by atoms with Crippen LogP contribution in [0.1, 0.15) is 49.1 Å². The van der Waals surface area contributed by atoms with E-state index >= 15 is 0 Å². The standard InChI is InChI=1S/C18H24N2S/c1-4-8-18(9-5-1)12-20-17(21-13-18)19-11-15-10-14-6-2-3-7-16(14)15/h2-3,6-7,15H,1,4-5,8-13H2,(H,19,20). The van der Waals surface area contributed by atoms with Crippen molar-refractivity contribution in [3.63, 3.8) is 0 Å². The molecule has 2 aliphatic carbocycles. The summed E-state index contributed by atoms with van der Waals surface area (Å²) in [5.41, 5.74) is 3.61. The van der Waals surface area contributed by atoms with Crippen molar-refractivity contribution in [3.05, 3.63) is 35.4 Å². The summed E-state index contributed by atoms with van der Waals surface area (Å²) in [6.07, 6.45) is 8.28. The summed E-state index contributed by atoms with van der Waals surface area (Å²) in [6, 6.07) is 8.83. The number of rotatable bonds is 2. The van der Waals surface area contributed by atoms with Gasteiger partial charge < -0.3 is 5.32 Å². The van der Waals surface area contributed by atoms with Crippen molar-refractivity contribution in [3.8, 4) is 0 Å². The van der Waals surface area contributed by atoms with E-state index in [9.17, 15) is 0 Å². The van der Waals surface area contributed by atoms with Crippen LogP contribution in [0.5, 0.6) is 0 Å². The van der Waals surface area contributed by atoms with Crippen molar-refractivity contribution < 1.29 is 0 Å². The van der Waals surface area contributed by atoms with E-state index in [-0.39, 0.29) is 0 Å². The lowest BCUT2D eigenvalue weighted by atomic mass is 9.75. The van der Waals surface area contributed by atoms with E-state index in [0.717, 1.165) is 13.1 Å². The molecular weight excluding hydrogens is 276 g/mol. The molecule has 1 heterocycles. The van der Waals surface area contributed by atoms with Gasteiger partial charge in [-0.2, -0.15) is 0 Å². The molecule has 1 fully saturated rings. The first-order valence-corrected chi connectivity index (χ1v) is 9.32. The molecular formula is C18H24N2S. The molecule has 1 spiro atoms. The minimum Gasteiger partial charge on any atom is -0.364 e. The second-order valence-electron chi connectivity index (χ2n) is 6.95. The summed E-state index contributed by atoms with van der Waals surface area (Å²) in [6.45, 7) is 2.11. The molecule has 0 aromatic heterocycles. The van der Waals surface area contributed by atoms with Crippen LogP contribution < -0.4 is 5.32 Å². The third kappa shape index (κ3) is 2.73. The monoisotopic (exact) mass is 300 g/mol. The highest BCUT2D eigenvalue weighted by Gasteiger charge is 2.35. The number of aliphatic imine (C=N–C) groups is 1. The molecule has 1 aromatic rings. The predicted octanol–water partition coefficient (Wildman–Crippen LogP) is 3.97. The van der Waals surface area contributed by atoms with Gasteiger partial charge in [0.05, 0.1) is 0 Å². The van der Waals surface area contributed by atoms with Gasteiger partial charge in [-0.05, 0) is 35.8 Å². The Morgan fingerprint density at radius 3 is 2.81 bits per heavy atom. The average Bonchev–Trinajstić information content (AvgIpc) is 2.51.